The van der Waals surface area contributed by atoms with E-state index in [1.807, 2.05) is 10.3 Å². The SMILES string of the molecule is O=S(=O)(NCC1CC2=C(c3cnn(C(F)F)c3)[C@H](c3ccc(F)cc3Cl)N=C(c3nccs3)N2C1)C1CC1. The Balaban J connectivity index is 1.46. The number of nitrogens with one attached hydrogen (secondary N) is 1. The average Bonchev–Trinajstić information content (AvgIpc) is 3.26. The molecule has 2 aromatic heterocycles. The molecule has 1 saturated heterocycles. The molecular formula is C24H22ClF3N6O2S2. The minimum absolute atomic E-state index is 0.105. The third-order valence-electron chi connectivity index (χ3n) is 6.87. The van der Waals surface area contributed by atoms with Crippen LogP contribution in [0.2, 0.25) is 5.02 Å². The van der Waals surface area contributed by atoms with E-state index in [-0.39, 0.29) is 22.7 Å². The second-order valence-electron chi connectivity index (χ2n) is 9.48. The maximum Gasteiger partial charge on any atom is 0.333 e. The first-order valence-electron chi connectivity index (χ1n) is 12.0. The molecule has 0 spiro atoms. The van der Waals surface area contributed by atoms with Gasteiger partial charge in [-0.15, -0.1) is 11.3 Å². The van der Waals surface area contributed by atoms with Crippen molar-refractivity contribution in [2.75, 3.05) is 13.1 Å². The van der Waals surface area contributed by atoms with Crippen LogP contribution in [0.5, 0.6) is 0 Å². The Labute approximate surface area is 225 Å². The zero-order chi connectivity index (χ0) is 26.6. The summed E-state index contributed by atoms with van der Waals surface area (Å²) in [5.74, 6) is -0.0480. The number of thiazole rings is 1. The minimum atomic E-state index is -3.37. The Hall–Kier alpha value is -2.74. The maximum atomic E-state index is 13.9. The summed E-state index contributed by atoms with van der Waals surface area (Å²) in [6, 6.07) is 3.26. The number of hydrogen-bond acceptors (Lipinski definition) is 7. The highest BCUT2D eigenvalue weighted by molar-refractivity contribution is 7.90. The minimum Gasteiger partial charge on any atom is -0.327 e. The molecule has 2 atom stereocenters. The molecule has 200 valence electrons. The lowest BCUT2D eigenvalue weighted by Gasteiger charge is -2.32. The van der Waals surface area contributed by atoms with Crippen molar-refractivity contribution in [2.24, 2.45) is 10.9 Å². The van der Waals surface area contributed by atoms with E-state index in [0.29, 0.717) is 58.0 Å². The monoisotopic (exact) mass is 582 g/mol. The average molecular weight is 583 g/mol. The molecule has 14 heteroatoms. The van der Waals surface area contributed by atoms with Crippen molar-refractivity contribution in [1.29, 1.82) is 0 Å². The fourth-order valence-corrected chi connectivity index (χ4v) is 7.30. The largest absolute Gasteiger partial charge is 0.333 e. The second-order valence-corrected chi connectivity index (χ2v) is 12.8. The fraction of sp³-hybridized carbons (Fsp3) is 0.375. The van der Waals surface area contributed by atoms with Gasteiger partial charge in [-0.1, -0.05) is 17.7 Å². The van der Waals surface area contributed by atoms with Crippen LogP contribution < -0.4 is 4.72 Å². The molecule has 6 rings (SSSR count). The van der Waals surface area contributed by atoms with Crippen molar-refractivity contribution in [2.45, 2.75) is 37.1 Å². The second kappa shape index (κ2) is 9.78. The van der Waals surface area contributed by atoms with Crippen molar-refractivity contribution >= 4 is 44.4 Å². The zero-order valence-corrected chi connectivity index (χ0v) is 22.2. The predicted octanol–water partition coefficient (Wildman–Crippen LogP) is 4.84. The molecule has 0 amide bonds. The third kappa shape index (κ3) is 4.76. The van der Waals surface area contributed by atoms with Crippen LogP contribution in [0.15, 0.2) is 52.9 Å². The van der Waals surface area contributed by atoms with Gasteiger partial charge in [0, 0.05) is 52.7 Å². The molecule has 3 aromatic rings. The number of allylic oxidation sites excluding steroid dienone is 1. The number of aliphatic imine (C=N–C) groups is 1. The fourth-order valence-electron chi connectivity index (χ4n) is 4.93. The van der Waals surface area contributed by atoms with E-state index in [1.54, 1.807) is 6.20 Å². The summed E-state index contributed by atoms with van der Waals surface area (Å²) in [5.41, 5.74) is 2.34. The summed E-state index contributed by atoms with van der Waals surface area (Å²) >= 11 is 7.87. The first kappa shape index (κ1) is 25.5. The van der Waals surface area contributed by atoms with Gasteiger partial charge in [-0.25, -0.2) is 27.2 Å². The van der Waals surface area contributed by atoms with Gasteiger partial charge < -0.3 is 4.90 Å². The molecule has 1 N–H and O–H groups in total. The van der Waals surface area contributed by atoms with Crippen LogP contribution in [-0.2, 0) is 10.0 Å². The summed E-state index contributed by atoms with van der Waals surface area (Å²) in [5, 5.41) is 6.10. The Morgan fingerprint density at radius 1 is 1.26 bits per heavy atom. The van der Waals surface area contributed by atoms with Gasteiger partial charge in [0.1, 0.15) is 11.9 Å². The number of fused-ring (bicyclic) bond motifs is 1. The van der Waals surface area contributed by atoms with Gasteiger partial charge in [-0.2, -0.15) is 13.9 Å². The van der Waals surface area contributed by atoms with Crippen LogP contribution in [0.1, 0.15) is 48.0 Å². The van der Waals surface area contributed by atoms with Gasteiger partial charge in [-0.3, -0.25) is 4.99 Å². The lowest BCUT2D eigenvalue weighted by atomic mass is 9.90. The molecule has 2 aliphatic heterocycles. The highest BCUT2D eigenvalue weighted by Crippen LogP contribution is 2.47. The Morgan fingerprint density at radius 3 is 2.74 bits per heavy atom. The highest BCUT2D eigenvalue weighted by Gasteiger charge is 2.42. The molecule has 3 aliphatic rings. The number of alkyl halides is 2. The number of rotatable bonds is 8. The number of hydrogen-bond donors (Lipinski definition) is 1. The zero-order valence-electron chi connectivity index (χ0n) is 19.8. The molecule has 1 aliphatic carbocycles. The van der Waals surface area contributed by atoms with E-state index < -0.39 is 28.4 Å². The molecule has 4 heterocycles. The van der Waals surface area contributed by atoms with Crippen LogP contribution in [0, 0.1) is 11.7 Å². The van der Waals surface area contributed by atoms with E-state index in [2.05, 4.69) is 14.8 Å². The number of benzene rings is 1. The van der Waals surface area contributed by atoms with Gasteiger partial charge in [0.25, 0.3) is 0 Å². The first-order valence-corrected chi connectivity index (χ1v) is 14.8. The Bertz CT molecular complexity index is 1540. The molecule has 2 fully saturated rings. The van der Waals surface area contributed by atoms with Crippen molar-refractivity contribution in [3.63, 3.8) is 0 Å². The normalized spacial score (nSPS) is 21.8. The topological polar surface area (TPSA) is 92.5 Å². The number of nitrogens with zero attached hydrogens (tertiary/aromatic N) is 5. The summed E-state index contributed by atoms with van der Waals surface area (Å²) in [6.07, 6.45) is 6.05. The summed E-state index contributed by atoms with van der Waals surface area (Å²) in [4.78, 5) is 11.4. The van der Waals surface area contributed by atoms with E-state index in [0.717, 1.165) is 5.70 Å². The standard InChI is InChI=1S/C24H22ClF3N6O2S2/c25-18-8-15(26)1-4-17(18)21-20(14-10-30-34(12-14)24(27)28)19-7-13(9-31-38(35,36)16-2-3-16)11-33(19)22(32-21)23-29-5-6-37-23/h1,4-6,8,10,12-13,16,21,24,31H,2-3,7,9,11H2/t13?,21-/m0/s1. The molecule has 38 heavy (non-hydrogen) atoms. The van der Waals surface area contributed by atoms with E-state index in [4.69, 9.17) is 16.6 Å². The maximum absolute atomic E-state index is 13.9. The number of halogens is 4. The summed E-state index contributed by atoms with van der Waals surface area (Å²) < 4.78 is 69.1. The smallest absolute Gasteiger partial charge is 0.327 e. The molecule has 1 unspecified atom stereocenters. The van der Waals surface area contributed by atoms with Crippen molar-refractivity contribution in [3.05, 3.63) is 74.8 Å². The van der Waals surface area contributed by atoms with Gasteiger partial charge in [-0.05, 0) is 42.9 Å². The summed E-state index contributed by atoms with van der Waals surface area (Å²) in [7, 11) is -3.37. The molecule has 8 nitrogen and oxygen atoms in total. The van der Waals surface area contributed by atoms with E-state index in [9.17, 15) is 21.6 Å². The molecule has 1 saturated carbocycles. The third-order valence-corrected chi connectivity index (χ3v) is 9.88. The van der Waals surface area contributed by atoms with Crippen LogP contribution in [-0.4, -0.2) is 52.3 Å². The predicted molar refractivity (Wildman–Crippen MR) is 138 cm³/mol. The van der Waals surface area contributed by atoms with E-state index in [1.165, 1.54) is 41.9 Å². The van der Waals surface area contributed by atoms with Crippen LogP contribution in [0.25, 0.3) is 5.57 Å². The quantitative estimate of drug-likeness (QED) is 0.410. The van der Waals surface area contributed by atoms with Gasteiger partial charge in [0.2, 0.25) is 10.0 Å². The van der Waals surface area contributed by atoms with E-state index >= 15 is 0 Å². The van der Waals surface area contributed by atoms with Crippen LogP contribution in [0.3, 0.4) is 0 Å². The Morgan fingerprint density at radius 2 is 2.08 bits per heavy atom. The summed E-state index contributed by atoms with van der Waals surface area (Å²) in [6.45, 7) is -2.14. The lowest BCUT2D eigenvalue weighted by molar-refractivity contribution is 0.0566. The van der Waals surface area contributed by atoms with Crippen molar-refractivity contribution in [3.8, 4) is 0 Å². The molecular weight excluding hydrogens is 561 g/mol. The number of amidine groups is 1. The van der Waals surface area contributed by atoms with Crippen molar-refractivity contribution < 1.29 is 21.6 Å². The van der Waals surface area contributed by atoms with Gasteiger partial charge >= 0.3 is 6.55 Å². The van der Waals surface area contributed by atoms with Crippen LogP contribution >= 0.6 is 22.9 Å². The Kier molecular flexibility index (Phi) is 6.57. The van der Waals surface area contributed by atoms with Gasteiger partial charge in [0.05, 0.1) is 11.4 Å². The number of sulfonamides is 1. The first-order chi connectivity index (χ1) is 18.2. The molecule has 1 aromatic carbocycles. The highest BCUT2D eigenvalue weighted by atomic mass is 35.5. The lowest BCUT2D eigenvalue weighted by Crippen LogP contribution is -2.36. The van der Waals surface area contributed by atoms with Crippen molar-refractivity contribution in [1.82, 2.24) is 24.4 Å². The molecule has 0 radical (unpaired) electrons. The van der Waals surface area contributed by atoms with Gasteiger partial charge in [0.15, 0.2) is 10.8 Å². The van der Waals surface area contributed by atoms with Crippen LogP contribution in [0.4, 0.5) is 13.2 Å². The number of aromatic nitrogens is 3. The molecule has 0 bridgehead atoms.